The first-order valence-corrected chi connectivity index (χ1v) is 12.1. The lowest BCUT2D eigenvalue weighted by Gasteiger charge is -2.10. The predicted molar refractivity (Wildman–Crippen MR) is 138 cm³/mol. The standard InChI is InChI=1S/C27H27N3O3S/c1-5-19-7-11-22(12-8-19)28-27-29-25(31)24(34-27)16-21-15-17(3)30(18(21)4)23-13-9-20(10-14-23)26(32)33-6-2/h7-16H,5-6H2,1-4H3,(H,28,29,31)/b24-16-. The van der Waals surface area contributed by atoms with Gasteiger partial charge in [0.1, 0.15) is 0 Å². The van der Waals surface area contributed by atoms with E-state index in [1.165, 1.54) is 17.3 Å². The zero-order chi connectivity index (χ0) is 24.2. The Morgan fingerprint density at radius 2 is 1.79 bits per heavy atom. The van der Waals surface area contributed by atoms with Crippen LogP contribution < -0.4 is 5.32 Å². The van der Waals surface area contributed by atoms with Crippen LogP contribution in [0.4, 0.5) is 5.69 Å². The number of carbonyl (C=O) groups excluding carboxylic acids is 2. The summed E-state index contributed by atoms with van der Waals surface area (Å²) in [6.45, 7) is 8.28. The van der Waals surface area contributed by atoms with E-state index in [4.69, 9.17) is 4.74 Å². The number of aliphatic imine (C=N–C) groups is 1. The lowest BCUT2D eigenvalue weighted by atomic mass is 10.2. The van der Waals surface area contributed by atoms with Gasteiger partial charge in [-0.25, -0.2) is 9.79 Å². The summed E-state index contributed by atoms with van der Waals surface area (Å²) in [5.74, 6) is -0.485. The van der Waals surface area contributed by atoms with Crippen LogP contribution in [0.3, 0.4) is 0 Å². The normalized spacial score (nSPS) is 15.7. The Hall–Kier alpha value is -3.58. The number of esters is 1. The van der Waals surface area contributed by atoms with Crippen LogP contribution in [-0.2, 0) is 16.0 Å². The van der Waals surface area contributed by atoms with Crippen molar-refractivity contribution in [3.05, 3.63) is 87.6 Å². The number of carbonyl (C=O) groups is 2. The maximum atomic E-state index is 12.6. The first-order valence-electron chi connectivity index (χ1n) is 11.2. The number of aryl methyl sites for hydroxylation is 2. The number of hydrogen-bond donors (Lipinski definition) is 1. The largest absolute Gasteiger partial charge is 0.462 e. The number of hydrogen-bond acceptors (Lipinski definition) is 5. The summed E-state index contributed by atoms with van der Waals surface area (Å²) in [6.07, 6.45) is 2.87. The third kappa shape index (κ3) is 4.99. The molecule has 3 aromatic rings. The first-order chi connectivity index (χ1) is 16.4. The van der Waals surface area contributed by atoms with Crippen molar-refractivity contribution in [3.8, 4) is 5.69 Å². The highest BCUT2D eigenvalue weighted by atomic mass is 32.2. The van der Waals surface area contributed by atoms with E-state index in [0.717, 1.165) is 34.7 Å². The molecule has 4 rings (SSSR count). The molecule has 0 saturated carbocycles. The molecule has 1 aliphatic heterocycles. The molecule has 1 aliphatic rings. The molecule has 174 valence electrons. The third-order valence-corrected chi connectivity index (χ3v) is 6.53. The van der Waals surface area contributed by atoms with Crippen LogP contribution in [-0.4, -0.2) is 28.2 Å². The minimum atomic E-state index is -0.330. The third-order valence-electron chi connectivity index (χ3n) is 5.62. The summed E-state index contributed by atoms with van der Waals surface area (Å²) < 4.78 is 7.16. The molecule has 1 saturated heterocycles. The number of rotatable bonds is 6. The van der Waals surface area contributed by atoms with Crippen molar-refractivity contribution < 1.29 is 14.3 Å². The van der Waals surface area contributed by atoms with Crippen LogP contribution in [0.25, 0.3) is 11.8 Å². The van der Waals surface area contributed by atoms with Gasteiger partial charge in [0.2, 0.25) is 0 Å². The molecule has 7 heteroatoms. The molecule has 0 aliphatic carbocycles. The summed E-state index contributed by atoms with van der Waals surface area (Å²) in [5.41, 5.74) is 6.51. The Bertz CT molecular complexity index is 1290. The smallest absolute Gasteiger partial charge is 0.338 e. The van der Waals surface area contributed by atoms with Gasteiger partial charge < -0.3 is 14.6 Å². The average Bonchev–Trinajstić information content (AvgIpc) is 3.32. The van der Waals surface area contributed by atoms with Gasteiger partial charge in [0, 0.05) is 17.1 Å². The molecular formula is C27H27N3O3S. The Balaban J connectivity index is 1.57. The van der Waals surface area contributed by atoms with Gasteiger partial charge in [0.05, 0.1) is 22.8 Å². The summed E-state index contributed by atoms with van der Waals surface area (Å²) in [5, 5.41) is 3.43. The Kier molecular flexibility index (Phi) is 7.03. The Morgan fingerprint density at radius 3 is 2.44 bits per heavy atom. The summed E-state index contributed by atoms with van der Waals surface area (Å²) in [6, 6.07) is 17.4. The molecule has 2 aromatic carbocycles. The van der Waals surface area contributed by atoms with Crippen LogP contribution in [0.2, 0.25) is 0 Å². The van der Waals surface area contributed by atoms with Crippen molar-refractivity contribution in [3.63, 3.8) is 0 Å². The van der Waals surface area contributed by atoms with Gasteiger partial charge in [-0.05, 0) is 98.6 Å². The highest BCUT2D eigenvalue weighted by molar-refractivity contribution is 8.18. The zero-order valence-electron chi connectivity index (χ0n) is 19.7. The number of amidine groups is 1. The second-order valence-electron chi connectivity index (χ2n) is 7.93. The number of benzene rings is 2. The van der Waals surface area contributed by atoms with Crippen molar-refractivity contribution in [1.29, 1.82) is 0 Å². The van der Waals surface area contributed by atoms with Gasteiger partial charge in [-0.1, -0.05) is 19.1 Å². The molecule has 0 unspecified atom stereocenters. The molecule has 0 atom stereocenters. The van der Waals surface area contributed by atoms with Gasteiger partial charge in [-0.3, -0.25) is 4.79 Å². The molecular weight excluding hydrogens is 446 g/mol. The van der Waals surface area contributed by atoms with Crippen molar-refractivity contribution in [2.45, 2.75) is 34.1 Å². The zero-order valence-corrected chi connectivity index (χ0v) is 20.5. The van der Waals surface area contributed by atoms with E-state index >= 15 is 0 Å². The minimum Gasteiger partial charge on any atom is -0.462 e. The van der Waals surface area contributed by atoms with Gasteiger partial charge in [-0.2, -0.15) is 0 Å². The van der Waals surface area contributed by atoms with Crippen LogP contribution in [0.15, 0.2) is 64.5 Å². The van der Waals surface area contributed by atoms with E-state index in [2.05, 4.69) is 21.8 Å². The van der Waals surface area contributed by atoms with E-state index in [1.54, 1.807) is 19.1 Å². The summed E-state index contributed by atoms with van der Waals surface area (Å²) in [4.78, 5) is 29.7. The molecule has 1 fully saturated rings. The van der Waals surface area contributed by atoms with Gasteiger partial charge in [-0.15, -0.1) is 0 Å². The predicted octanol–water partition coefficient (Wildman–Crippen LogP) is 5.72. The SMILES string of the molecule is CCOC(=O)c1ccc(-n2c(C)cc(/C=C3\SC(=Nc4ccc(CC)cc4)NC3=O)c2C)cc1. The second-order valence-corrected chi connectivity index (χ2v) is 8.96. The minimum absolute atomic E-state index is 0.155. The summed E-state index contributed by atoms with van der Waals surface area (Å²) in [7, 11) is 0. The van der Waals surface area contributed by atoms with E-state index in [1.807, 2.05) is 62.4 Å². The molecule has 0 spiro atoms. The molecule has 1 aromatic heterocycles. The topological polar surface area (TPSA) is 72.7 Å². The van der Waals surface area contributed by atoms with Crippen molar-refractivity contribution >= 4 is 40.6 Å². The molecule has 6 nitrogen and oxygen atoms in total. The van der Waals surface area contributed by atoms with Crippen LogP contribution in [0.1, 0.15) is 46.7 Å². The maximum absolute atomic E-state index is 12.6. The van der Waals surface area contributed by atoms with Crippen LogP contribution in [0, 0.1) is 13.8 Å². The average molecular weight is 474 g/mol. The fourth-order valence-corrected chi connectivity index (χ4v) is 4.67. The number of aromatic nitrogens is 1. The van der Waals surface area contributed by atoms with E-state index in [-0.39, 0.29) is 11.9 Å². The number of nitrogens with one attached hydrogen (secondary N) is 1. The highest BCUT2D eigenvalue weighted by Gasteiger charge is 2.24. The monoisotopic (exact) mass is 473 g/mol. The Labute approximate surface area is 203 Å². The lowest BCUT2D eigenvalue weighted by molar-refractivity contribution is -0.115. The lowest BCUT2D eigenvalue weighted by Crippen LogP contribution is -2.19. The van der Waals surface area contributed by atoms with Crippen molar-refractivity contribution in [2.75, 3.05) is 6.61 Å². The van der Waals surface area contributed by atoms with Gasteiger partial charge in [0.15, 0.2) is 5.17 Å². The molecule has 1 amide bonds. The first kappa shape index (κ1) is 23.6. The van der Waals surface area contributed by atoms with E-state index < -0.39 is 0 Å². The molecule has 0 bridgehead atoms. The Morgan fingerprint density at radius 1 is 1.09 bits per heavy atom. The molecule has 1 N–H and O–H groups in total. The van der Waals surface area contributed by atoms with E-state index in [9.17, 15) is 9.59 Å². The van der Waals surface area contributed by atoms with Crippen molar-refractivity contribution in [1.82, 2.24) is 9.88 Å². The molecule has 34 heavy (non-hydrogen) atoms. The van der Waals surface area contributed by atoms with Crippen molar-refractivity contribution in [2.24, 2.45) is 4.99 Å². The van der Waals surface area contributed by atoms with Gasteiger partial charge in [0.25, 0.3) is 5.91 Å². The van der Waals surface area contributed by atoms with E-state index in [0.29, 0.717) is 22.2 Å². The summed E-state index contributed by atoms with van der Waals surface area (Å²) >= 11 is 1.34. The number of amides is 1. The van der Waals surface area contributed by atoms with Crippen LogP contribution in [0.5, 0.6) is 0 Å². The number of ether oxygens (including phenoxy) is 1. The quantitative estimate of drug-likeness (QED) is 0.367. The highest BCUT2D eigenvalue weighted by Crippen LogP contribution is 2.30. The van der Waals surface area contributed by atoms with Crippen LogP contribution >= 0.6 is 11.8 Å². The molecule has 2 heterocycles. The fourth-order valence-electron chi connectivity index (χ4n) is 3.84. The fraction of sp³-hybridized carbons (Fsp3) is 0.222. The van der Waals surface area contributed by atoms with Gasteiger partial charge >= 0.3 is 5.97 Å². The number of thioether (sulfide) groups is 1. The second kappa shape index (κ2) is 10.1. The number of nitrogens with zero attached hydrogens (tertiary/aromatic N) is 2. The maximum Gasteiger partial charge on any atom is 0.338 e. The molecule has 0 radical (unpaired) electrons.